The molecular weight excluding hydrogens is 230 g/mol. The predicted octanol–water partition coefficient (Wildman–Crippen LogP) is 3.53. The summed E-state index contributed by atoms with van der Waals surface area (Å²) in [6.07, 6.45) is 2.16. The molecule has 3 heteroatoms. The molecule has 1 N–H and O–H groups in total. The van der Waals surface area contributed by atoms with Crippen molar-refractivity contribution < 1.29 is 4.79 Å². The maximum atomic E-state index is 11.9. The minimum atomic E-state index is -0.00501. The van der Waals surface area contributed by atoms with Crippen molar-refractivity contribution in [3.8, 4) is 0 Å². The molecule has 0 spiro atoms. The number of amides is 1. The molecule has 1 amide bonds. The van der Waals surface area contributed by atoms with Gasteiger partial charge in [0, 0.05) is 16.5 Å². The van der Waals surface area contributed by atoms with Gasteiger partial charge in [-0.05, 0) is 49.9 Å². The fourth-order valence-corrected chi connectivity index (χ4v) is 1.72. The van der Waals surface area contributed by atoms with Gasteiger partial charge in [-0.3, -0.25) is 4.79 Å². The lowest BCUT2D eigenvalue weighted by molar-refractivity contribution is 0.0937. The predicted molar refractivity (Wildman–Crippen MR) is 74.7 cm³/mol. The normalized spacial score (nSPS) is 12.5. The van der Waals surface area contributed by atoms with Crippen LogP contribution in [0.2, 0.25) is 0 Å². The van der Waals surface area contributed by atoms with Crippen molar-refractivity contribution in [3.05, 3.63) is 29.8 Å². The lowest BCUT2D eigenvalue weighted by atomic mass is 10.0. The number of carbonyl (C=O) groups is 1. The van der Waals surface area contributed by atoms with Crippen LogP contribution in [-0.4, -0.2) is 11.9 Å². The van der Waals surface area contributed by atoms with Gasteiger partial charge in [0.15, 0.2) is 0 Å². The number of rotatable bonds is 5. The molecule has 2 nitrogen and oxygen atoms in total. The highest BCUT2D eigenvalue weighted by Crippen LogP contribution is 2.09. The summed E-state index contributed by atoms with van der Waals surface area (Å²) in [7, 11) is 0. The Morgan fingerprint density at radius 1 is 1.18 bits per heavy atom. The Bertz CT molecular complexity index is 359. The van der Waals surface area contributed by atoms with E-state index < -0.39 is 0 Å². The average molecular weight is 251 g/mol. The fraction of sp³-hybridized carbons (Fsp3) is 0.500. The van der Waals surface area contributed by atoms with Gasteiger partial charge in [-0.15, -0.1) is 12.6 Å². The van der Waals surface area contributed by atoms with E-state index >= 15 is 0 Å². The van der Waals surface area contributed by atoms with Crippen molar-refractivity contribution in [2.75, 3.05) is 0 Å². The summed E-state index contributed by atoms with van der Waals surface area (Å²) in [5.74, 6) is 0.674. The van der Waals surface area contributed by atoms with Crippen LogP contribution in [0, 0.1) is 5.92 Å². The van der Waals surface area contributed by atoms with Crippen LogP contribution in [0.4, 0.5) is 0 Å². The topological polar surface area (TPSA) is 29.1 Å². The molecule has 1 rings (SSSR count). The highest BCUT2D eigenvalue weighted by molar-refractivity contribution is 7.80. The number of thiol groups is 1. The second kappa shape index (κ2) is 6.70. The van der Waals surface area contributed by atoms with Crippen molar-refractivity contribution in [1.29, 1.82) is 0 Å². The molecule has 94 valence electrons. The van der Waals surface area contributed by atoms with Crippen LogP contribution in [-0.2, 0) is 0 Å². The van der Waals surface area contributed by atoms with E-state index in [4.69, 9.17) is 0 Å². The number of hydrogen-bond donors (Lipinski definition) is 2. The number of nitrogens with one attached hydrogen (secondary N) is 1. The van der Waals surface area contributed by atoms with Crippen molar-refractivity contribution in [2.24, 2.45) is 5.92 Å². The minimum Gasteiger partial charge on any atom is -0.350 e. The Labute approximate surface area is 109 Å². The lowest BCUT2D eigenvalue weighted by Gasteiger charge is -2.15. The molecule has 0 radical (unpaired) electrons. The summed E-state index contributed by atoms with van der Waals surface area (Å²) in [6, 6.07) is 7.48. The van der Waals surface area contributed by atoms with Gasteiger partial charge in [-0.2, -0.15) is 0 Å². The van der Waals surface area contributed by atoms with E-state index in [0.717, 1.165) is 17.7 Å². The molecule has 0 aliphatic heterocycles. The van der Waals surface area contributed by atoms with Crippen molar-refractivity contribution in [2.45, 2.75) is 44.6 Å². The monoisotopic (exact) mass is 251 g/mol. The zero-order valence-electron chi connectivity index (χ0n) is 10.7. The molecule has 1 aromatic rings. The third kappa shape index (κ3) is 5.26. The van der Waals surface area contributed by atoms with Crippen molar-refractivity contribution in [1.82, 2.24) is 5.32 Å². The molecule has 0 bridgehead atoms. The summed E-state index contributed by atoms with van der Waals surface area (Å²) in [4.78, 5) is 12.7. The summed E-state index contributed by atoms with van der Waals surface area (Å²) in [5, 5.41) is 3.01. The maximum Gasteiger partial charge on any atom is 0.251 e. The van der Waals surface area contributed by atoms with Gasteiger partial charge in [0.05, 0.1) is 0 Å². The van der Waals surface area contributed by atoms with Crippen LogP contribution < -0.4 is 5.32 Å². The quantitative estimate of drug-likeness (QED) is 0.770. The SMILES string of the molecule is CC(C)CCC(C)NC(=O)c1ccc(S)cc1. The van der Waals surface area contributed by atoms with E-state index in [-0.39, 0.29) is 11.9 Å². The molecule has 0 aliphatic carbocycles. The van der Waals surface area contributed by atoms with E-state index in [9.17, 15) is 4.79 Å². The molecule has 0 saturated carbocycles. The van der Waals surface area contributed by atoms with Crippen LogP contribution >= 0.6 is 12.6 Å². The van der Waals surface area contributed by atoms with Gasteiger partial charge in [0.1, 0.15) is 0 Å². The first-order chi connectivity index (χ1) is 7.99. The maximum absolute atomic E-state index is 11.9. The lowest BCUT2D eigenvalue weighted by Crippen LogP contribution is -2.32. The van der Waals surface area contributed by atoms with Gasteiger partial charge < -0.3 is 5.32 Å². The molecule has 1 atom stereocenters. The van der Waals surface area contributed by atoms with E-state index in [1.54, 1.807) is 12.1 Å². The minimum absolute atomic E-state index is 0.00501. The largest absolute Gasteiger partial charge is 0.350 e. The highest BCUT2D eigenvalue weighted by atomic mass is 32.1. The number of hydrogen-bond acceptors (Lipinski definition) is 2. The first-order valence-corrected chi connectivity index (χ1v) is 6.53. The second-order valence-electron chi connectivity index (χ2n) is 4.89. The summed E-state index contributed by atoms with van der Waals surface area (Å²) >= 11 is 4.19. The first kappa shape index (κ1) is 14.1. The van der Waals surface area contributed by atoms with Crippen LogP contribution in [0.25, 0.3) is 0 Å². The van der Waals surface area contributed by atoms with E-state index in [1.165, 1.54) is 0 Å². The Kier molecular flexibility index (Phi) is 5.56. The third-order valence-electron chi connectivity index (χ3n) is 2.68. The van der Waals surface area contributed by atoms with Crippen LogP contribution in [0.3, 0.4) is 0 Å². The van der Waals surface area contributed by atoms with Gasteiger partial charge in [0.2, 0.25) is 0 Å². The van der Waals surface area contributed by atoms with E-state index in [0.29, 0.717) is 11.5 Å². The van der Waals surface area contributed by atoms with E-state index in [1.807, 2.05) is 19.1 Å². The van der Waals surface area contributed by atoms with Crippen molar-refractivity contribution in [3.63, 3.8) is 0 Å². The second-order valence-corrected chi connectivity index (χ2v) is 5.41. The Morgan fingerprint density at radius 2 is 1.76 bits per heavy atom. The third-order valence-corrected chi connectivity index (χ3v) is 2.98. The molecule has 1 aromatic carbocycles. The molecule has 17 heavy (non-hydrogen) atoms. The molecule has 0 heterocycles. The number of carbonyl (C=O) groups excluding carboxylic acids is 1. The van der Waals surface area contributed by atoms with Crippen LogP contribution in [0.1, 0.15) is 44.0 Å². The molecule has 0 aromatic heterocycles. The molecule has 1 unspecified atom stereocenters. The summed E-state index contributed by atoms with van der Waals surface area (Å²) in [6.45, 7) is 6.44. The van der Waals surface area contributed by atoms with Gasteiger partial charge in [-0.1, -0.05) is 13.8 Å². The van der Waals surface area contributed by atoms with Crippen LogP contribution in [0.15, 0.2) is 29.2 Å². The zero-order chi connectivity index (χ0) is 12.8. The Morgan fingerprint density at radius 3 is 2.29 bits per heavy atom. The standard InChI is InChI=1S/C14H21NOS/c1-10(2)4-5-11(3)15-14(16)12-6-8-13(17)9-7-12/h6-11,17H,4-5H2,1-3H3,(H,15,16). The molecule has 0 aliphatic rings. The molecule has 0 fully saturated rings. The zero-order valence-corrected chi connectivity index (χ0v) is 11.6. The number of benzene rings is 1. The van der Waals surface area contributed by atoms with Gasteiger partial charge >= 0.3 is 0 Å². The molecule has 0 saturated heterocycles. The average Bonchev–Trinajstić information content (AvgIpc) is 2.27. The highest BCUT2D eigenvalue weighted by Gasteiger charge is 2.09. The van der Waals surface area contributed by atoms with Gasteiger partial charge in [0.25, 0.3) is 5.91 Å². The van der Waals surface area contributed by atoms with Gasteiger partial charge in [-0.25, -0.2) is 0 Å². The Hall–Kier alpha value is -0.960. The summed E-state index contributed by atoms with van der Waals surface area (Å²) < 4.78 is 0. The Balaban J connectivity index is 2.46. The van der Waals surface area contributed by atoms with Crippen molar-refractivity contribution >= 4 is 18.5 Å². The first-order valence-electron chi connectivity index (χ1n) is 6.09. The summed E-state index contributed by atoms with van der Waals surface area (Å²) in [5.41, 5.74) is 0.694. The smallest absolute Gasteiger partial charge is 0.251 e. The van der Waals surface area contributed by atoms with Crippen LogP contribution in [0.5, 0.6) is 0 Å². The fourth-order valence-electron chi connectivity index (χ4n) is 1.58. The van der Waals surface area contributed by atoms with E-state index in [2.05, 4.69) is 31.8 Å². The molecular formula is C14H21NOS.